The predicted molar refractivity (Wildman–Crippen MR) is 62.7 cm³/mol. The van der Waals surface area contributed by atoms with E-state index in [1.54, 1.807) is 6.92 Å². The number of rotatable bonds is 4. The molecule has 0 fully saturated rings. The van der Waals surface area contributed by atoms with Crippen molar-refractivity contribution in [2.45, 2.75) is 18.6 Å². The van der Waals surface area contributed by atoms with Crippen molar-refractivity contribution in [1.29, 1.82) is 0 Å². The highest BCUT2D eigenvalue weighted by molar-refractivity contribution is 6.22. The summed E-state index contributed by atoms with van der Waals surface area (Å²) in [6.07, 6.45) is -3.30. The Labute approximate surface area is 107 Å². The van der Waals surface area contributed by atoms with Crippen LogP contribution in [-0.4, -0.2) is 22.3 Å². The zero-order chi connectivity index (χ0) is 13.1. The van der Waals surface area contributed by atoms with Crippen molar-refractivity contribution in [1.82, 2.24) is 4.98 Å². The summed E-state index contributed by atoms with van der Waals surface area (Å²) in [4.78, 5) is 3.81. The van der Waals surface area contributed by atoms with Gasteiger partial charge in [0.15, 0.2) is 0 Å². The lowest BCUT2D eigenvalue weighted by Gasteiger charge is -2.26. The summed E-state index contributed by atoms with van der Waals surface area (Å²) in [5.74, 6) is 0.423. The molecule has 0 saturated heterocycles. The highest BCUT2D eigenvalue weighted by atomic mass is 35.5. The fourth-order valence-corrected chi connectivity index (χ4v) is 1.51. The first kappa shape index (κ1) is 14.4. The standard InChI is InChI=1S/C10H11Cl2F3N2/c1-9(5-11,6-12)17-8-4-7(2-3-16-8)10(13,14)15/h2-4H,5-6H2,1H3,(H,16,17). The molecular formula is C10H11Cl2F3N2. The molecule has 96 valence electrons. The maximum atomic E-state index is 12.5. The summed E-state index contributed by atoms with van der Waals surface area (Å²) in [5, 5.41) is 2.79. The van der Waals surface area contributed by atoms with Crippen LogP contribution in [0.1, 0.15) is 12.5 Å². The van der Waals surface area contributed by atoms with Gasteiger partial charge < -0.3 is 5.32 Å². The third-order valence-corrected chi connectivity index (χ3v) is 3.29. The van der Waals surface area contributed by atoms with Gasteiger partial charge >= 0.3 is 6.18 Å². The van der Waals surface area contributed by atoms with Crippen LogP contribution in [-0.2, 0) is 6.18 Å². The summed E-state index contributed by atoms with van der Waals surface area (Å²) in [6.45, 7) is 1.70. The normalized spacial score (nSPS) is 12.6. The largest absolute Gasteiger partial charge is 0.416 e. The number of alkyl halides is 5. The summed E-state index contributed by atoms with van der Waals surface area (Å²) in [6, 6.07) is 1.83. The molecule has 0 bridgehead atoms. The second kappa shape index (κ2) is 5.31. The molecule has 0 atom stereocenters. The van der Waals surface area contributed by atoms with Gasteiger partial charge in [-0.15, -0.1) is 23.2 Å². The average Bonchev–Trinajstić information content (AvgIpc) is 2.28. The van der Waals surface area contributed by atoms with Crippen LogP contribution >= 0.6 is 23.2 Å². The highest BCUT2D eigenvalue weighted by Gasteiger charge is 2.31. The van der Waals surface area contributed by atoms with E-state index in [1.807, 2.05) is 0 Å². The third kappa shape index (κ3) is 3.92. The number of nitrogens with zero attached hydrogens (tertiary/aromatic N) is 1. The number of pyridine rings is 1. The summed E-state index contributed by atoms with van der Waals surface area (Å²) >= 11 is 11.4. The Balaban J connectivity index is 2.93. The van der Waals surface area contributed by atoms with E-state index in [1.165, 1.54) is 0 Å². The lowest BCUT2D eigenvalue weighted by molar-refractivity contribution is -0.137. The molecule has 0 aliphatic heterocycles. The maximum Gasteiger partial charge on any atom is 0.416 e. The maximum absolute atomic E-state index is 12.5. The number of halogens is 5. The number of hydrogen-bond donors (Lipinski definition) is 1. The zero-order valence-electron chi connectivity index (χ0n) is 8.98. The monoisotopic (exact) mass is 286 g/mol. The van der Waals surface area contributed by atoms with Crippen LogP contribution in [0.5, 0.6) is 0 Å². The van der Waals surface area contributed by atoms with Crippen LogP contribution in [0.2, 0.25) is 0 Å². The summed E-state index contributed by atoms with van der Waals surface area (Å²) in [7, 11) is 0. The zero-order valence-corrected chi connectivity index (χ0v) is 10.5. The Morgan fingerprint density at radius 1 is 1.29 bits per heavy atom. The van der Waals surface area contributed by atoms with Crippen molar-refractivity contribution in [3.05, 3.63) is 23.9 Å². The third-order valence-electron chi connectivity index (χ3n) is 2.11. The van der Waals surface area contributed by atoms with E-state index < -0.39 is 17.3 Å². The Hall–Kier alpha value is -0.680. The second-order valence-electron chi connectivity index (χ2n) is 3.88. The quantitative estimate of drug-likeness (QED) is 0.853. The lowest BCUT2D eigenvalue weighted by Crippen LogP contribution is -2.39. The van der Waals surface area contributed by atoms with Crippen molar-refractivity contribution >= 4 is 29.0 Å². The number of anilines is 1. The first-order valence-corrected chi connectivity index (χ1v) is 5.81. The molecule has 0 aliphatic rings. The van der Waals surface area contributed by atoms with Crippen molar-refractivity contribution in [3.63, 3.8) is 0 Å². The fraction of sp³-hybridized carbons (Fsp3) is 0.500. The molecule has 0 aliphatic carbocycles. The highest BCUT2D eigenvalue weighted by Crippen LogP contribution is 2.30. The van der Waals surface area contributed by atoms with Gasteiger partial charge in [0.05, 0.1) is 11.1 Å². The number of hydrogen-bond acceptors (Lipinski definition) is 2. The molecule has 0 aromatic carbocycles. The molecule has 2 nitrogen and oxygen atoms in total. The smallest absolute Gasteiger partial charge is 0.362 e. The van der Waals surface area contributed by atoms with Gasteiger partial charge in [-0.3, -0.25) is 0 Å². The van der Waals surface area contributed by atoms with Crippen LogP contribution < -0.4 is 5.32 Å². The predicted octanol–water partition coefficient (Wildman–Crippen LogP) is 3.75. The minimum atomic E-state index is -4.39. The van der Waals surface area contributed by atoms with E-state index in [0.717, 1.165) is 18.3 Å². The molecule has 1 aromatic heterocycles. The second-order valence-corrected chi connectivity index (χ2v) is 4.41. The minimum Gasteiger partial charge on any atom is -0.362 e. The van der Waals surface area contributed by atoms with Crippen molar-refractivity contribution in [2.24, 2.45) is 0 Å². The first-order valence-electron chi connectivity index (χ1n) is 4.74. The molecule has 1 N–H and O–H groups in total. The van der Waals surface area contributed by atoms with Gasteiger partial charge in [0, 0.05) is 18.0 Å². The molecule has 17 heavy (non-hydrogen) atoms. The minimum absolute atomic E-state index is 0.101. The Kier molecular flexibility index (Phi) is 4.49. The first-order chi connectivity index (χ1) is 7.80. The van der Waals surface area contributed by atoms with Gasteiger partial charge in [0.25, 0.3) is 0 Å². The molecule has 0 amide bonds. The molecule has 0 unspecified atom stereocenters. The van der Waals surface area contributed by atoms with Crippen LogP contribution in [0.25, 0.3) is 0 Å². The van der Waals surface area contributed by atoms with E-state index in [4.69, 9.17) is 23.2 Å². The van der Waals surface area contributed by atoms with Crippen LogP contribution in [0, 0.1) is 0 Å². The Morgan fingerprint density at radius 3 is 2.35 bits per heavy atom. The van der Waals surface area contributed by atoms with Gasteiger partial charge in [-0.1, -0.05) is 0 Å². The summed E-state index contributed by atoms with van der Waals surface area (Å²) < 4.78 is 37.4. The number of nitrogens with one attached hydrogen (secondary N) is 1. The van der Waals surface area contributed by atoms with Crippen LogP contribution in [0.4, 0.5) is 19.0 Å². The molecule has 0 saturated carbocycles. The summed E-state index contributed by atoms with van der Waals surface area (Å²) in [5.41, 5.74) is -1.46. The van der Waals surface area contributed by atoms with Gasteiger partial charge in [0.2, 0.25) is 0 Å². The van der Waals surface area contributed by atoms with Gasteiger partial charge in [0.1, 0.15) is 5.82 Å². The van der Waals surface area contributed by atoms with E-state index in [2.05, 4.69) is 10.3 Å². The topological polar surface area (TPSA) is 24.9 Å². The average molecular weight is 287 g/mol. The van der Waals surface area contributed by atoms with E-state index in [9.17, 15) is 13.2 Å². The van der Waals surface area contributed by atoms with E-state index in [-0.39, 0.29) is 17.6 Å². The van der Waals surface area contributed by atoms with Gasteiger partial charge in [-0.2, -0.15) is 13.2 Å². The Bertz CT molecular complexity index is 378. The van der Waals surface area contributed by atoms with Gasteiger partial charge in [-0.05, 0) is 19.1 Å². The van der Waals surface area contributed by atoms with E-state index >= 15 is 0 Å². The SMILES string of the molecule is CC(CCl)(CCl)Nc1cc(C(F)(F)F)ccn1. The lowest BCUT2D eigenvalue weighted by atomic mass is 10.1. The van der Waals surface area contributed by atoms with Crippen LogP contribution in [0.3, 0.4) is 0 Å². The molecule has 0 spiro atoms. The molecular weight excluding hydrogens is 276 g/mol. The molecule has 0 radical (unpaired) electrons. The molecule has 1 heterocycles. The number of aromatic nitrogens is 1. The Morgan fingerprint density at radius 2 is 1.88 bits per heavy atom. The molecule has 1 aromatic rings. The van der Waals surface area contributed by atoms with Crippen LogP contribution in [0.15, 0.2) is 18.3 Å². The fourth-order valence-electron chi connectivity index (χ4n) is 1.09. The van der Waals surface area contributed by atoms with E-state index in [0.29, 0.717) is 0 Å². The van der Waals surface area contributed by atoms with Gasteiger partial charge in [-0.25, -0.2) is 4.98 Å². The van der Waals surface area contributed by atoms with Crippen molar-refractivity contribution in [2.75, 3.05) is 17.1 Å². The molecule has 1 rings (SSSR count). The van der Waals surface area contributed by atoms with Crippen molar-refractivity contribution in [3.8, 4) is 0 Å². The molecule has 7 heteroatoms. The van der Waals surface area contributed by atoms with Crippen molar-refractivity contribution < 1.29 is 13.2 Å².